The zero-order valence-corrected chi connectivity index (χ0v) is 9.29. The van der Waals surface area contributed by atoms with Crippen molar-refractivity contribution in [1.82, 2.24) is 5.32 Å². The molecule has 0 spiro atoms. The number of Topliss-reactive ketones (excluding diaryl/α,β-unsaturated/α-hetero) is 1. The molecule has 0 radical (unpaired) electrons. The van der Waals surface area contributed by atoms with Crippen molar-refractivity contribution in [3.05, 3.63) is 35.6 Å². The van der Waals surface area contributed by atoms with Gasteiger partial charge < -0.3 is 5.32 Å². The average Bonchev–Trinajstić information content (AvgIpc) is 2.26. The minimum atomic E-state index is -0.652. The molecule has 1 aromatic rings. The molecule has 1 N–H and O–H groups in total. The van der Waals surface area contributed by atoms with Gasteiger partial charge in [-0.1, -0.05) is 13.8 Å². The second-order valence-electron chi connectivity index (χ2n) is 3.94. The summed E-state index contributed by atoms with van der Waals surface area (Å²) in [5.74, 6) is -1.44. The molecule has 0 saturated carbocycles. The Labute approximate surface area is 93.7 Å². The van der Waals surface area contributed by atoms with Crippen molar-refractivity contribution in [2.24, 2.45) is 5.92 Å². The molecule has 0 unspecified atom stereocenters. The van der Waals surface area contributed by atoms with Crippen LogP contribution in [0, 0.1) is 11.7 Å². The van der Waals surface area contributed by atoms with Crippen molar-refractivity contribution in [2.45, 2.75) is 13.8 Å². The lowest BCUT2D eigenvalue weighted by Crippen LogP contribution is -2.33. The summed E-state index contributed by atoms with van der Waals surface area (Å²) in [6.07, 6.45) is 0. The van der Waals surface area contributed by atoms with Gasteiger partial charge in [0, 0.05) is 12.1 Å². The highest BCUT2D eigenvalue weighted by Crippen LogP contribution is 2.03. The van der Waals surface area contributed by atoms with Crippen LogP contribution in [-0.4, -0.2) is 18.2 Å². The molecule has 0 fully saturated rings. The average molecular weight is 223 g/mol. The summed E-state index contributed by atoms with van der Waals surface area (Å²) >= 11 is 0. The summed E-state index contributed by atoms with van der Waals surface area (Å²) < 4.78 is 12.6. The Bertz CT molecular complexity index is 385. The SMILES string of the molecule is CC(C)CNC(=O)C(=O)c1ccc(F)cc1. The third-order valence-electron chi connectivity index (χ3n) is 1.98. The molecule has 1 amide bonds. The third-order valence-corrected chi connectivity index (χ3v) is 1.98. The van der Waals surface area contributed by atoms with Gasteiger partial charge in [-0.3, -0.25) is 9.59 Å². The predicted octanol–water partition coefficient (Wildman–Crippen LogP) is 1.78. The lowest BCUT2D eigenvalue weighted by molar-refractivity contribution is -0.117. The molecule has 0 bridgehead atoms. The van der Waals surface area contributed by atoms with Crippen LogP contribution < -0.4 is 5.32 Å². The topological polar surface area (TPSA) is 46.2 Å². The van der Waals surface area contributed by atoms with Gasteiger partial charge in [0.1, 0.15) is 5.82 Å². The van der Waals surface area contributed by atoms with E-state index < -0.39 is 17.5 Å². The highest BCUT2D eigenvalue weighted by Gasteiger charge is 2.15. The van der Waals surface area contributed by atoms with Crippen molar-refractivity contribution >= 4 is 11.7 Å². The van der Waals surface area contributed by atoms with Crippen molar-refractivity contribution < 1.29 is 14.0 Å². The fraction of sp³-hybridized carbons (Fsp3) is 0.333. The van der Waals surface area contributed by atoms with E-state index in [4.69, 9.17) is 0 Å². The molecule has 0 heterocycles. The van der Waals surface area contributed by atoms with E-state index in [9.17, 15) is 14.0 Å². The fourth-order valence-electron chi connectivity index (χ4n) is 1.11. The molecule has 1 rings (SSSR count). The molecule has 0 aliphatic rings. The molecule has 0 aliphatic heterocycles. The van der Waals surface area contributed by atoms with E-state index in [0.717, 1.165) is 12.1 Å². The monoisotopic (exact) mass is 223 g/mol. The molecular weight excluding hydrogens is 209 g/mol. The van der Waals surface area contributed by atoms with E-state index >= 15 is 0 Å². The van der Waals surface area contributed by atoms with Gasteiger partial charge in [0.25, 0.3) is 5.91 Å². The quantitative estimate of drug-likeness (QED) is 0.624. The number of halogens is 1. The number of rotatable bonds is 4. The number of nitrogens with one attached hydrogen (secondary N) is 1. The van der Waals surface area contributed by atoms with Crippen LogP contribution >= 0.6 is 0 Å². The zero-order valence-electron chi connectivity index (χ0n) is 9.29. The first kappa shape index (κ1) is 12.4. The van der Waals surface area contributed by atoms with Crippen LogP contribution in [0.5, 0.6) is 0 Å². The van der Waals surface area contributed by atoms with Crippen molar-refractivity contribution in [2.75, 3.05) is 6.54 Å². The van der Waals surface area contributed by atoms with Crippen LogP contribution in [0.1, 0.15) is 24.2 Å². The number of carbonyl (C=O) groups excluding carboxylic acids is 2. The minimum Gasteiger partial charge on any atom is -0.349 e. The Hall–Kier alpha value is -1.71. The molecule has 16 heavy (non-hydrogen) atoms. The third kappa shape index (κ3) is 3.46. The highest BCUT2D eigenvalue weighted by molar-refractivity contribution is 6.42. The summed E-state index contributed by atoms with van der Waals surface area (Å²) in [5.41, 5.74) is 0.197. The van der Waals surface area contributed by atoms with E-state index in [0.29, 0.717) is 6.54 Å². The first-order valence-corrected chi connectivity index (χ1v) is 5.09. The number of hydrogen-bond donors (Lipinski definition) is 1. The summed E-state index contributed by atoms with van der Waals surface area (Å²) in [5, 5.41) is 2.51. The minimum absolute atomic E-state index is 0.197. The van der Waals surface area contributed by atoms with Crippen LogP contribution in [0.2, 0.25) is 0 Å². The Balaban J connectivity index is 2.64. The normalized spacial score (nSPS) is 10.2. The molecule has 86 valence electrons. The summed E-state index contributed by atoms with van der Waals surface area (Å²) in [4.78, 5) is 22.9. The van der Waals surface area contributed by atoms with Gasteiger partial charge in [0.2, 0.25) is 5.78 Å². The van der Waals surface area contributed by atoms with Crippen LogP contribution in [-0.2, 0) is 4.79 Å². The van der Waals surface area contributed by atoms with Gasteiger partial charge in [-0.2, -0.15) is 0 Å². The van der Waals surface area contributed by atoms with Gasteiger partial charge in [-0.25, -0.2) is 4.39 Å². The number of ketones is 1. The first-order chi connectivity index (χ1) is 7.50. The summed E-state index contributed by atoms with van der Waals surface area (Å²) in [6, 6.07) is 4.91. The lowest BCUT2D eigenvalue weighted by Gasteiger charge is -2.06. The van der Waals surface area contributed by atoms with E-state index in [2.05, 4.69) is 5.32 Å². The number of benzene rings is 1. The van der Waals surface area contributed by atoms with Crippen LogP contribution in [0.4, 0.5) is 4.39 Å². The lowest BCUT2D eigenvalue weighted by atomic mass is 10.1. The van der Waals surface area contributed by atoms with E-state index in [1.54, 1.807) is 0 Å². The molecule has 0 aliphatic carbocycles. The van der Waals surface area contributed by atoms with Crippen LogP contribution in [0.15, 0.2) is 24.3 Å². The van der Waals surface area contributed by atoms with Crippen LogP contribution in [0.25, 0.3) is 0 Å². The van der Waals surface area contributed by atoms with E-state index in [-0.39, 0.29) is 11.5 Å². The van der Waals surface area contributed by atoms with Gasteiger partial charge in [0.05, 0.1) is 0 Å². The zero-order chi connectivity index (χ0) is 12.1. The number of carbonyl (C=O) groups is 2. The van der Waals surface area contributed by atoms with Gasteiger partial charge in [-0.05, 0) is 30.2 Å². The van der Waals surface area contributed by atoms with Gasteiger partial charge in [-0.15, -0.1) is 0 Å². The van der Waals surface area contributed by atoms with E-state index in [1.165, 1.54) is 12.1 Å². The smallest absolute Gasteiger partial charge is 0.292 e. The van der Waals surface area contributed by atoms with E-state index in [1.807, 2.05) is 13.8 Å². The standard InChI is InChI=1S/C12H14FNO2/c1-8(2)7-14-12(16)11(15)9-3-5-10(13)6-4-9/h3-6,8H,7H2,1-2H3,(H,14,16). The maximum atomic E-state index is 12.6. The highest BCUT2D eigenvalue weighted by atomic mass is 19.1. The Morgan fingerprint density at radius 2 is 1.81 bits per heavy atom. The van der Waals surface area contributed by atoms with Crippen molar-refractivity contribution in [1.29, 1.82) is 0 Å². The Morgan fingerprint density at radius 1 is 1.25 bits per heavy atom. The van der Waals surface area contributed by atoms with Crippen molar-refractivity contribution in [3.63, 3.8) is 0 Å². The number of hydrogen-bond acceptors (Lipinski definition) is 2. The fourth-order valence-corrected chi connectivity index (χ4v) is 1.11. The molecule has 3 nitrogen and oxygen atoms in total. The molecule has 0 saturated heterocycles. The molecule has 4 heteroatoms. The summed E-state index contributed by atoms with van der Waals surface area (Å²) in [7, 11) is 0. The molecule has 1 aromatic carbocycles. The van der Waals surface area contributed by atoms with Crippen LogP contribution in [0.3, 0.4) is 0 Å². The van der Waals surface area contributed by atoms with Gasteiger partial charge in [0.15, 0.2) is 0 Å². The largest absolute Gasteiger partial charge is 0.349 e. The maximum Gasteiger partial charge on any atom is 0.292 e. The second-order valence-corrected chi connectivity index (χ2v) is 3.94. The maximum absolute atomic E-state index is 12.6. The molecule has 0 atom stereocenters. The Kier molecular flexibility index (Phi) is 4.17. The number of amides is 1. The Morgan fingerprint density at radius 3 is 2.31 bits per heavy atom. The molecule has 0 aromatic heterocycles. The predicted molar refractivity (Wildman–Crippen MR) is 58.6 cm³/mol. The molecular formula is C12H14FNO2. The van der Waals surface area contributed by atoms with Crippen molar-refractivity contribution in [3.8, 4) is 0 Å². The summed E-state index contributed by atoms with van der Waals surface area (Å²) in [6.45, 7) is 4.32. The second kappa shape index (κ2) is 5.39. The first-order valence-electron chi connectivity index (χ1n) is 5.09. The van der Waals surface area contributed by atoms with Gasteiger partial charge >= 0.3 is 0 Å².